The number of rotatable bonds is 8. The summed E-state index contributed by atoms with van der Waals surface area (Å²) >= 11 is 0. The van der Waals surface area contributed by atoms with E-state index in [0.717, 1.165) is 11.1 Å². The van der Waals surface area contributed by atoms with Crippen LogP contribution in [0.5, 0.6) is 5.75 Å². The number of aryl methyl sites for hydroxylation is 1. The fourth-order valence-corrected chi connectivity index (χ4v) is 2.83. The predicted octanol–water partition coefficient (Wildman–Crippen LogP) is 3.43. The Morgan fingerprint density at radius 1 is 1.10 bits per heavy atom. The Morgan fingerprint density at radius 2 is 1.77 bits per heavy atom. The van der Waals surface area contributed by atoms with Crippen molar-refractivity contribution in [2.45, 2.75) is 40.2 Å². The third-order valence-corrected chi connectivity index (χ3v) is 5.07. The second kappa shape index (κ2) is 10.4. The summed E-state index contributed by atoms with van der Waals surface area (Å²) in [6.07, 6.45) is 0.647. The quantitative estimate of drug-likeness (QED) is 0.648. The van der Waals surface area contributed by atoms with Gasteiger partial charge in [-0.1, -0.05) is 19.1 Å². The van der Waals surface area contributed by atoms with Crippen LogP contribution in [0.3, 0.4) is 0 Å². The number of phenolic OH excluding ortho intramolecular Hbond substituents is 1. The highest BCUT2D eigenvalue weighted by Crippen LogP contribution is 2.18. The number of ether oxygens (including phenoxy) is 1. The lowest BCUT2D eigenvalue weighted by atomic mass is 10.1. The Kier molecular flexibility index (Phi) is 7.98. The number of carbonyl (C=O) groups is 3. The van der Waals surface area contributed by atoms with Crippen LogP contribution < -0.4 is 5.32 Å². The second-order valence-electron chi connectivity index (χ2n) is 7.20. The van der Waals surface area contributed by atoms with E-state index in [9.17, 15) is 19.5 Å². The number of benzene rings is 2. The monoisotopic (exact) mass is 412 g/mol. The van der Waals surface area contributed by atoms with Crippen LogP contribution in [0, 0.1) is 13.8 Å². The summed E-state index contributed by atoms with van der Waals surface area (Å²) < 4.78 is 5.10. The lowest BCUT2D eigenvalue weighted by molar-refractivity contribution is -0.139. The standard InChI is InChI=1S/C23H28N2O5/c1-5-16(3)25(13-21(27)24-20-8-6-7-15(2)17(20)4)22(28)14-30-23(29)18-9-11-19(26)12-10-18/h6-12,16,26H,5,13-14H2,1-4H3,(H,24,27)/t16-/m1/s1. The molecule has 0 spiro atoms. The van der Waals surface area contributed by atoms with E-state index in [0.29, 0.717) is 12.1 Å². The molecule has 30 heavy (non-hydrogen) atoms. The maximum absolute atomic E-state index is 12.7. The summed E-state index contributed by atoms with van der Waals surface area (Å²) in [5, 5.41) is 12.1. The number of aromatic hydroxyl groups is 1. The molecule has 1 atom stereocenters. The van der Waals surface area contributed by atoms with Gasteiger partial charge in [0.25, 0.3) is 5.91 Å². The van der Waals surface area contributed by atoms with Gasteiger partial charge < -0.3 is 20.1 Å². The van der Waals surface area contributed by atoms with Crippen LogP contribution in [-0.4, -0.2) is 47.0 Å². The Balaban J connectivity index is 2.00. The van der Waals surface area contributed by atoms with Crippen molar-refractivity contribution in [1.82, 2.24) is 4.90 Å². The zero-order valence-corrected chi connectivity index (χ0v) is 17.8. The first-order chi connectivity index (χ1) is 14.2. The molecule has 2 rings (SSSR count). The van der Waals surface area contributed by atoms with Gasteiger partial charge in [-0.3, -0.25) is 9.59 Å². The molecule has 7 heteroatoms. The zero-order chi connectivity index (χ0) is 22.3. The molecule has 0 aliphatic carbocycles. The minimum absolute atomic E-state index is 0.0282. The predicted molar refractivity (Wildman–Crippen MR) is 114 cm³/mol. The molecule has 0 unspecified atom stereocenters. The molecule has 7 nitrogen and oxygen atoms in total. The summed E-state index contributed by atoms with van der Waals surface area (Å²) in [4.78, 5) is 38.7. The van der Waals surface area contributed by atoms with Crippen molar-refractivity contribution in [1.29, 1.82) is 0 Å². The molecular weight excluding hydrogens is 384 g/mol. The summed E-state index contributed by atoms with van der Waals surface area (Å²) in [5.74, 6) is -1.41. The lowest BCUT2D eigenvalue weighted by Gasteiger charge is -2.28. The number of hydrogen-bond acceptors (Lipinski definition) is 5. The highest BCUT2D eigenvalue weighted by Gasteiger charge is 2.23. The minimum Gasteiger partial charge on any atom is -0.508 e. The summed E-state index contributed by atoms with van der Waals surface area (Å²) in [6.45, 7) is 7.02. The maximum atomic E-state index is 12.7. The van der Waals surface area contributed by atoms with Crippen molar-refractivity contribution >= 4 is 23.5 Å². The zero-order valence-electron chi connectivity index (χ0n) is 17.8. The van der Waals surface area contributed by atoms with Crippen LogP contribution in [0.2, 0.25) is 0 Å². The molecule has 0 saturated heterocycles. The van der Waals surface area contributed by atoms with Crippen molar-refractivity contribution in [2.75, 3.05) is 18.5 Å². The first-order valence-corrected chi connectivity index (χ1v) is 9.84. The molecule has 0 bridgehead atoms. The van der Waals surface area contributed by atoms with Crippen LogP contribution in [-0.2, 0) is 14.3 Å². The number of esters is 1. The normalized spacial score (nSPS) is 11.5. The fourth-order valence-electron chi connectivity index (χ4n) is 2.83. The van der Waals surface area contributed by atoms with Gasteiger partial charge in [-0.05, 0) is 68.7 Å². The van der Waals surface area contributed by atoms with Gasteiger partial charge >= 0.3 is 5.97 Å². The topological polar surface area (TPSA) is 95.9 Å². The third kappa shape index (κ3) is 6.07. The molecule has 2 aromatic carbocycles. The van der Waals surface area contributed by atoms with Gasteiger partial charge in [-0.25, -0.2) is 4.79 Å². The van der Waals surface area contributed by atoms with E-state index in [4.69, 9.17) is 4.74 Å². The number of anilines is 1. The SMILES string of the molecule is CC[C@@H](C)N(CC(=O)Nc1cccc(C)c1C)C(=O)COC(=O)c1ccc(O)cc1. The smallest absolute Gasteiger partial charge is 0.338 e. The first-order valence-electron chi connectivity index (χ1n) is 9.84. The molecule has 0 aliphatic rings. The van der Waals surface area contributed by atoms with Crippen molar-refractivity contribution in [2.24, 2.45) is 0 Å². The molecule has 0 fully saturated rings. The van der Waals surface area contributed by atoms with Gasteiger partial charge in [0.2, 0.25) is 5.91 Å². The van der Waals surface area contributed by atoms with E-state index in [-0.39, 0.29) is 29.8 Å². The van der Waals surface area contributed by atoms with Crippen LogP contribution in [0.25, 0.3) is 0 Å². The van der Waals surface area contributed by atoms with E-state index in [1.54, 1.807) is 0 Å². The van der Waals surface area contributed by atoms with Gasteiger partial charge in [-0.15, -0.1) is 0 Å². The average molecular weight is 412 g/mol. The molecule has 0 aromatic heterocycles. The highest BCUT2D eigenvalue weighted by molar-refractivity contribution is 5.96. The summed E-state index contributed by atoms with van der Waals surface area (Å²) in [5.41, 5.74) is 2.96. The number of nitrogens with one attached hydrogen (secondary N) is 1. The lowest BCUT2D eigenvalue weighted by Crippen LogP contribution is -2.45. The van der Waals surface area contributed by atoms with Crippen molar-refractivity contribution in [3.8, 4) is 5.75 Å². The second-order valence-corrected chi connectivity index (χ2v) is 7.20. The number of amides is 2. The van der Waals surface area contributed by atoms with Gasteiger partial charge in [0.15, 0.2) is 6.61 Å². The first kappa shape index (κ1) is 22.9. The molecule has 0 saturated carbocycles. The Labute approximate surface area is 176 Å². The van der Waals surface area contributed by atoms with E-state index < -0.39 is 18.5 Å². The van der Waals surface area contributed by atoms with Crippen LogP contribution in [0.1, 0.15) is 41.8 Å². The van der Waals surface area contributed by atoms with Gasteiger partial charge in [0, 0.05) is 11.7 Å². The Bertz CT molecular complexity index is 908. The van der Waals surface area contributed by atoms with Crippen LogP contribution >= 0.6 is 0 Å². The third-order valence-electron chi connectivity index (χ3n) is 5.07. The summed E-state index contributed by atoms with van der Waals surface area (Å²) in [7, 11) is 0. The fraction of sp³-hybridized carbons (Fsp3) is 0.348. The highest BCUT2D eigenvalue weighted by atomic mass is 16.5. The van der Waals surface area contributed by atoms with Gasteiger partial charge in [0.1, 0.15) is 12.3 Å². The van der Waals surface area contributed by atoms with E-state index in [2.05, 4.69) is 5.32 Å². The molecule has 2 N–H and O–H groups in total. The van der Waals surface area contributed by atoms with Gasteiger partial charge in [-0.2, -0.15) is 0 Å². The van der Waals surface area contributed by atoms with Crippen molar-refractivity contribution in [3.63, 3.8) is 0 Å². The average Bonchev–Trinajstić information content (AvgIpc) is 2.73. The van der Waals surface area contributed by atoms with Crippen LogP contribution in [0.4, 0.5) is 5.69 Å². The molecule has 2 aromatic rings. The molecule has 0 aliphatic heterocycles. The number of nitrogens with zero attached hydrogens (tertiary/aromatic N) is 1. The molecular formula is C23H28N2O5. The number of hydrogen-bond donors (Lipinski definition) is 2. The molecule has 160 valence electrons. The van der Waals surface area contributed by atoms with Crippen molar-refractivity contribution < 1.29 is 24.2 Å². The van der Waals surface area contributed by atoms with Crippen molar-refractivity contribution in [3.05, 3.63) is 59.2 Å². The Morgan fingerprint density at radius 3 is 2.40 bits per heavy atom. The molecule has 2 amide bonds. The Hall–Kier alpha value is -3.35. The molecule has 0 radical (unpaired) electrons. The molecule has 0 heterocycles. The van der Waals surface area contributed by atoms with Gasteiger partial charge in [0.05, 0.1) is 5.56 Å². The van der Waals surface area contributed by atoms with Crippen LogP contribution in [0.15, 0.2) is 42.5 Å². The number of carbonyl (C=O) groups excluding carboxylic acids is 3. The minimum atomic E-state index is -0.674. The number of phenols is 1. The largest absolute Gasteiger partial charge is 0.508 e. The van der Waals surface area contributed by atoms with E-state index in [1.165, 1.54) is 29.2 Å². The summed E-state index contributed by atoms with van der Waals surface area (Å²) in [6, 6.07) is 11.0. The maximum Gasteiger partial charge on any atom is 0.338 e. The van der Waals surface area contributed by atoms with E-state index >= 15 is 0 Å². The van der Waals surface area contributed by atoms with E-state index in [1.807, 2.05) is 45.9 Å².